The van der Waals surface area contributed by atoms with Gasteiger partial charge in [0.2, 0.25) is 0 Å². The largest absolute Gasteiger partial charge is 0.496 e. The Morgan fingerprint density at radius 3 is 2.50 bits per heavy atom. The number of ether oxygens (including phenoxy) is 1. The van der Waals surface area contributed by atoms with Gasteiger partial charge in [0.05, 0.1) is 23.8 Å². The lowest BCUT2D eigenvalue weighted by Gasteiger charge is -2.29. The third kappa shape index (κ3) is 3.71. The first-order valence-electron chi connectivity index (χ1n) is 7.81. The van der Waals surface area contributed by atoms with Gasteiger partial charge in [-0.25, -0.2) is 0 Å². The van der Waals surface area contributed by atoms with Crippen LogP contribution in [0.4, 0.5) is 11.4 Å². The monoisotopic (exact) mass is 417 g/mol. The van der Waals surface area contributed by atoms with Crippen LogP contribution < -0.4 is 15.0 Å². The molecule has 0 spiro atoms. The molecule has 0 bridgehead atoms. The third-order valence-electron chi connectivity index (χ3n) is 3.91. The van der Waals surface area contributed by atoms with Crippen molar-refractivity contribution in [3.63, 3.8) is 0 Å². The number of thiocarbonyl (C=S) groups is 1. The molecule has 10 heteroatoms. The van der Waals surface area contributed by atoms with Crippen molar-refractivity contribution in [3.8, 4) is 5.75 Å². The zero-order valence-electron chi connectivity index (χ0n) is 14.3. The van der Waals surface area contributed by atoms with Gasteiger partial charge in [0, 0.05) is 16.7 Å². The van der Waals surface area contributed by atoms with Crippen molar-refractivity contribution < 1.29 is 19.2 Å². The lowest BCUT2D eigenvalue weighted by atomic mass is 10.1. The molecule has 1 N–H and O–H groups in total. The topological polar surface area (TPSA) is 102 Å². The minimum atomic E-state index is -0.680. The summed E-state index contributed by atoms with van der Waals surface area (Å²) in [5.74, 6) is -1.18. The molecule has 0 saturated carbocycles. The van der Waals surface area contributed by atoms with Crippen LogP contribution in [0.25, 0.3) is 6.08 Å². The van der Waals surface area contributed by atoms with E-state index in [0.29, 0.717) is 16.3 Å². The molecule has 0 aliphatic carbocycles. The Balaban J connectivity index is 2.04. The first-order valence-corrected chi connectivity index (χ1v) is 8.60. The number of carbonyl (C=O) groups excluding carboxylic acids is 2. The van der Waals surface area contributed by atoms with Crippen LogP contribution in [0.3, 0.4) is 0 Å². The summed E-state index contributed by atoms with van der Waals surface area (Å²) in [4.78, 5) is 36.8. The van der Waals surface area contributed by atoms with Gasteiger partial charge in [-0.1, -0.05) is 11.6 Å². The molecular formula is C18H12ClN3O5S. The highest BCUT2D eigenvalue weighted by Crippen LogP contribution is 2.29. The summed E-state index contributed by atoms with van der Waals surface area (Å²) < 4.78 is 5.15. The molecule has 1 aliphatic rings. The lowest BCUT2D eigenvalue weighted by molar-refractivity contribution is -0.384. The van der Waals surface area contributed by atoms with Crippen molar-refractivity contribution in [2.45, 2.75) is 0 Å². The van der Waals surface area contributed by atoms with E-state index < -0.39 is 16.7 Å². The zero-order chi connectivity index (χ0) is 20.4. The number of nitro groups is 1. The van der Waals surface area contributed by atoms with Crippen LogP contribution in [0, 0.1) is 10.1 Å². The smallest absolute Gasteiger partial charge is 0.273 e. The normalized spacial score (nSPS) is 15.6. The number of nitrogens with one attached hydrogen (secondary N) is 1. The van der Waals surface area contributed by atoms with Crippen LogP contribution in [0.1, 0.15) is 5.56 Å². The van der Waals surface area contributed by atoms with Gasteiger partial charge in [0.25, 0.3) is 17.5 Å². The molecule has 0 atom stereocenters. The summed E-state index contributed by atoms with van der Waals surface area (Å²) >= 11 is 11.0. The summed E-state index contributed by atoms with van der Waals surface area (Å²) in [7, 11) is 1.33. The summed E-state index contributed by atoms with van der Waals surface area (Å²) in [5.41, 5.74) is 0.384. The van der Waals surface area contributed by atoms with E-state index in [1.807, 2.05) is 0 Å². The number of hydrogen-bond donors (Lipinski definition) is 1. The van der Waals surface area contributed by atoms with Gasteiger partial charge in [-0.15, -0.1) is 0 Å². The SMILES string of the molecule is COc1cc([N+](=O)[O-])ccc1/C=C1\C(=O)NC(=S)N(c2ccc(Cl)cc2)C1=O. The van der Waals surface area contributed by atoms with E-state index in [1.54, 1.807) is 24.3 Å². The van der Waals surface area contributed by atoms with Crippen molar-refractivity contribution in [1.82, 2.24) is 5.32 Å². The maximum absolute atomic E-state index is 12.9. The van der Waals surface area contributed by atoms with E-state index in [9.17, 15) is 19.7 Å². The maximum Gasteiger partial charge on any atom is 0.273 e. The molecule has 0 unspecified atom stereocenters. The lowest BCUT2D eigenvalue weighted by Crippen LogP contribution is -2.54. The molecule has 1 aliphatic heterocycles. The van der Waals surface area contributed by atoms with Crippen molar-refractivity contribution in [1.29, 1.82) is 0 Å². The number of methoxy groups -OCH3 is 1. The number of non-ortho nitro benzene ring substituents is 1. The Morgan fingerprint density at radius 2 is 1.89 bits per heavy atom. The summed E-state index contributed by atoms with van der Waals surface area (Å²) in [6.07, 6.45) is 1.30. The highest BCUT2D eigenvalue weighted by atomic mass is 35.5. The summed E-state index contributed by atoms with van der Waals surface area (Å²) in [5, 5.41) is 13.8. The van der Waals surface area contributed by atoms with Gasteiger partial charge in [-0.2, -0.15) is 0 Å². The minimum absolute atomic E-state index is 0.0647. The van der Waals surface area contributed by atoms with Gasteiger partial charge in [0.1, 0.15) is 11.3 Å². The number of amides is 2. The zero-order valence-corrected chi connectivity index (χ0v) is 15.9. The van der Waals surface area contributed by atoms with Gasteiger partial charge < -0.3 is 4.74 Å². The van der Waals surface area contributed by atoms with Crippen molar-refractivity contribution in [2.24, 2.45) is 0 Å². The van der Waals surface area contributed by atoms with Crippen LogP contribution in [0.5, 0.6) is 5.75 Å². The summed E-state index contributed by atoms with van der Waals surface area (Å²) in [6.45, 7) is 0. The minimum Gasteiger partial charge on any atom is -0.496 e. The van der Waals surface area contributed by atoms with Crippen molar-refractivity contribution >= 4 is 58.2 Å². The van der Waals surface area contributed by atoms with Gasteiger partial charge >= 0.3 is 0 Å². The Kier molecular flexibility index (Phi) is 5.39. The quantitative estimate of drug-likeness (QED) is 0.269. The average Bonchev–Trinajstić information content (AvgIpc) is 2.66. The molecule has 3 rings (SSSR count). The van der Waals surface area contributed by atoms with Crippen LogP contribution in [0.15, 0.2) is 48.0 Å². The Hall–Kier alpha value is -3.30. The van der Waals surface area contributed by atoms with Gasteiger partial charge in [-0.05, 0) is 48.6 Å². The van der Waals surface area contributed by atoms with Crippen LogP contribution in [-0.4, -0.2) is 29.0 Å². The molecule has 8 nitrogen and oxygen atoms in total. The van der Waals surface area contributed by atoms with E-state index in [4.69, 9.17) is 28.6 Å². The molecule has 2 amide bonds. The fourth-order valence-electron chi connectivity index (χ4n) is 2.57. The molecular weight excluding hydrogens is 406 g/mol. The molecule has 28 heavy (non-hydrogen) atoms. The summed E-state index contributed by atoms with van der Waals surface area (Å²) in [6, 6.07) is 10.2. The van der Waals surface area contributed by atoms with Crippen LogP contribution in [-0.2, 0) is 9.59 Å². The number of rotatable bonds is 4. The first kappa shape index (κ1) is 19.5. The van der Waals surface area contributed by atoms with E-state index in [1.165, 1.54) is 31.4 Å². The number of carbonyl (C=O) groups is 2. The second-order valence-electron chi connectivity index (χ2n) is 5.62. The molecule has 0 aromatic heterocycles. The van der Waals surface area contributed by atoms with Crippen molar-refractivity contribution in [2.75, 3.05) is 12.0 Å². The standard InChI is InChI=1S/C18H12ClN3O5S/c1-27-15-9-13(22(25)26)5-2-10(15)8-14-16(23)20-18(28)21(17(14)24)12-6-3-11(19)4-7-12/h2-9H,1H3,(H,20,23,28)/b14-8+. The molecule has 1 saturated heterocycles. The van der Waals surface area contributed by atoms with E-state index >= 15 is 0 Å². The second kappa shape index (κ2) is 7.75. The predicted molar refractivity (Wildman–Crippen MR) is 107 cm³/mol. The van der Waals surface area contributed by atoms with Crippen molar-refractivity contribution in [3.05, 3.63) is 68.7 Å². The Morgan fingerprint density at radius 1 is 1.21 bits per heavy atom. The average molecular weight is 418 g/mol. The number of halogens is 1. The number of hydrogen-bond acceptors (Lipinski definition) is 6. The van der Waals surface area contributed by atoms with Crippen LogP contribution >= 0.6 is 23.8 Å². The molecule has 1 fully saturated rings. The predicted octanol–water partition coefficient (Wildman–Crippen LogP) is 3.09. The molecule has 1 heterocycles. The van der Waals surface area contributed by atoms with Gasteiger partial charge in [0.15, 0.2) is 5.11 Å². The number of nitrogens with zero attached hydrogens (tertiary/aromatic N) is 2. The Labute approximate surface area is 169 Å². The molecule has 2 aromatic carbocycles. The highest BCUT2D eigenvalue weighted by Gasteiger charge is 2.34. The first-order chi connectivity index (χ1) is 13.3. The van der Waals surface area contributed by atoms with Crippen LogP contribution in [0.2, 0.25) is 5.02 Å². The highest BCUT2D eigenvalue weighted by molar-refractivity contribution is 7.80. The molecule has 0 radical (unpaired) electrons. The third-order valence-corrected chi connectivity index (χ3v) is 4.45. The second-order valence-corrected chi connectivity index (χ2v) is 6.44. The van der Waals surface area contributed by atoms with E-state index in [-0.39, 0.29) is 22.1 Å². The number of anilines is 1. The number of benzene rings is 2. The van der Waals surface area contributed by atoms with E-state index in [0.717, 1.165) is 4.90 Å². The fourth-order valence-corrected chi connectivity index (χ4v) is 2.98. The molecule has 142 valence electrons. The van der Waals surface area contributed by atoms with E-state index in [2.05, 4.69) is 5.32 Å². The Bertz CT molecular complexity index is 1040. The fraction of sp³-hybridized carbons (Fsp3) is 0.0556. The number of nitro benzene ring substituents is 1. The van der Waals surface area contributed by atoms with Gasteiger partial charge in [-0.3, -0.25) is 29.9 Å². The molecule has 2 aromatic rings. The maximum atomic E-state index is 12.9.